The summed E-state index contributed by atoms with van der Waals surface area (Å²) in [6.07, 6.45) is 1.97. The summed E-state index contributed by atoms with van der Waals surface area (Å²) in [6.45, 7) is 7.99. The van der Waals surface area contributed by atoms with Gasteiger partial charge in [-0.1, -0.05) is 54.9 Å². The van der Waals surface area contributed by atoms with E-state index in [9.17, 15) is 18.0 Å². The standard InChI is InChI=1S/C26H36ClN3O4S/c1-6-23(25(32)28-26(2,3)4)29(19-20-12-8-7-9-13-20)24(31)16-11-17-30(35(5,33)34)22-15-10-14-21(27)18-22/h7-10,12-15,18,23H,6,11,16-17,19H2,1-5H3,(H,28,32)/t23-/m1/s1. The number of rotatable bonds is 11. The third-order valence-corrected chi connectivity index (χ3v) is 6.76. The van der Waals surface area contributed by atoms with Crippen LogP contribution in [0.4, 0.5) is 5.69 Å². The molecule has 0 saturated heterocycles. The number of anilines is 1. The van der Waals surface area contributed by atoms with Crippen molar-refractivity contribution in [1.29, 1.82) is 0 Å². The zero-order chi connectivity index (χ0) is 26.2. The maximum Gasteiger partial charge on any atom is 0.243 e. The molecule has 0 spiro atoms. The van der Waals surface area contributed by atoms with Gasteiger partial charge in [-0.15, -0.1) is 0 Å². The van der Waals surface area contributed by atoms with Gasteiger partial charge in [0.05, 0.1) is 11.9 Å². The maximum absolute atomic E-state index is 13.4. The second-order valence-corrected chi connectivity index (χ2v) is 11.9. The first-order chi connectivity index (χ1) is 16.3. The molecule has 1 N–H and O–H groups in total. The van der Waals surface area contributed by atoms with E-state index in [0.29, 0.717) is 30.1 Å². The molecule has 0 aliphatic rings. The minimum absolute atomic E-state index is 0.0959. The number of hydrogen-bond donors (Lipinski definition) is 1. The first kappa shape index (κ1) is 28.7. The number of carbonyl (C=O) groups excluding carboxylic acids is 2. The highest BCUT2D eigenvalue weighted by Gasteiger charge is 2.30. The lowest BCUT2D eigenvalue weighted by molar-refractivity contribution is -0.142. The van der Waals surface area contributed by atoms with Crippen molar-refractivity contribution >= 4 is 39.1 Å². The second kappa shape index (κ2) is 12.4. The summed E-state index contributed by atoms with van der Waals surface area (Å²) in [5.74, 6) is -0.412. The number of nitrogens with zero attached hydrogens (tertiary/aromatic N) is 2. The lowest BCUT2D eigenvalue weighted by Crippen LogP contribution is -2.53. The minimum Gasteiger partial charge on any atom is -0.350 e. The van der Waals surface area contributed by atoms with Crippen molar-refractivity contribution in [2.24, 2.45) is 0 Å². The Hall–Kier alpha value is -2.58. The van der Waals surface area contributed by atoms with Gasteiger partial charge in [0.25, 0.3) is 0 Å². The lowest BCUT2D eigenvalue weighted by Gasteiger charge is -2.33. The second-order valence-electron chi connectivity index (χ2n) is 9.59. The molecule has 0 unspecified atom stereocenters. The van der Waals surface area contributed by atoms with E-state index in [1.54, 1.807) is 29.2 Å². The van der Waals surface area contributed by atoms with E-state index in [2.05, 4.69) is 5.32 Å². The third kappa shape index (κ3) is 9.18. The zero-order valence-electron chi connectivity index (χ0n) is 21.1. The Balaban J connectivity index is 2.21. The number of halogens is 1. The van der Waals surface area contributed by atoms with Crippen molar-refractivity contribution in [2.45, 2.75) is 65.1 Å². The number of benzene rings is 2. The number of hydrogen-bond acceptors (Lipinski definition) is 4. The van der Waals surface area contributed by atoms with E-state index in [1.165, 1.54) is 4.31 Å². The van der Waals surface area contributed by atoms with Gasteiger partial charge in [0.15, 0.2) is 0 Å². The van der Waals surface area contributed by atoms with Crippen LogP contribution in [0.5, 0.6) is 0 Å². The summed E-state index contributed by atoms with van der Waals surface area (Å²) < 4.78 is 26.1. The Labute approximate surface area is 214 Å². The zero-order valence-corrected chi connectivity index (χ0v) is 22.7. The number of nitrogens with one attached hydrogen (secondary N) is 1. The number of amides is 2. The first-order valence-corrected chi connectivity index (χ1v) is 13.9. The van der Waals surface area contributed by atoms with Gasteiger partial charge >= 0.3 is 0 Å². The van der Waals surface area contributed by atoms with Crippen LogP contribution in [0.3, 0.4) is 0 Å². The van der Waals surface area contributed by atoms with Crippen molar-refractivity contribution in [3.05, 3.63) is 65.2 Å². The smallest absolute Gasteiger partial charge is 0.243 e. The van der Waals surface area contributed by atoms with Crippen LogP contribution in [0, 0.1) is 0 Å². The van der Waals surface area contributed by atoms with Gasteiger partial charge < -0.3 is 10.2 Å². The Morgan fingerprint density at radius 3 is 2.26 bits per heavy atom. The summed E-state index contributed by atoms with van der Waals surface area (Å²) in [4.78, 5) is 28.0. The quantitative estimate of drug-likeness (QED) is 0.468. The molecule has 0 heterocycles. The van der Waals surface area contributed by atoms with Gasteiger partial charge in [-0.25, -0.2) is 8.42 Å². The molecule has 1 atom stereocenters. The fraction of sp³-hybridized carbons (Fsp3) is 0.462. The topological polar surface area (TPSA) is 86.8 Å². The summed E-state index contributed by atoms with van der Waals surface area (Å²) in [7, 11) is -3.57. The van der Waals surface area contributed by atoms with Gasteiger partial charge in [-0.05, 0) is 57.4 Å². The molecule has 0 aliphatic carbocycles. The molecule has 7 nitrogen and oxygen atoms in total. The SMILES string of the molecule is CC[C@H](C(=O)NC(C)(C)C)N(Cc1ccccc1)C(=O)CCCN(c1cccc(Cl)c1)S(C)(=O)=O. The Bertz CT molecular complexity index is 1100. The van der Waals surface area contributed by atoms with Crippen molar-refractivity contribution in [2.75, 3.05) is 17.1 Å². The molecule has 9 heteroatoms. The molecule has 0 bridgehead atoms. The highest BCUT2D eigenvalue weighted by Crippen LogP contribution is 2.23. The predicted octanol–water partition coefficient (Wildman–Crippen LogP) is 4.61. The van der Waals surface area contributed by atoms with Gasteiger partial charge in [0, 0.05) is 30.1 Å². The molecule has 2 rings (SSSR count). The summed E-state index contributed by atoms with van der Waals surface area (Å²) in [6, 6.07) is 15.5. The molecule has 35 heavy (non-hydrogen) atoms. The van der Waals surface area contributed by atoms with E-state index < -0.39 is 21.6 Å². The molecule has 0 aliphatic heterocycles. The summed E-state index contributed by atoms with van der Waals surface area (Å²) in [5.41, 5.74) is 0.933. The Kier molecular flexibility index (Phi) is 10.2. The molecule has 0 fully saturated rings. The Morgan fingerprint density at radius 1 is 1.06 bits per heavy atom. The lowest BCUT2D eigenvalue weighted by atomic mass is 10.0. The van der Waals surface area contributed by atoms with Crippen molar-refractivity contribution < 1.29 is 18.0 Å². The molecule has 2 aromatic carbocycles. The van der Waals surface area contributed by atoms with E-state index in [1.807, 2.05) is 58.0 Å². The third-order valence-electron chi connectivity index (χ3n) is 5.33. The molecule has 0 radical (unpaired) electrons. The van der Waals surface area contributed by atoms with Crippen LogP contribution in [0.25, 0.3) is 0 Å². The van der Waals surface area contributed by atoms with Crippen LogP contribution in [0.1, 0.15) is 52.5 Å². The van der Waals surface area contributed by atoms with Gasteiger partial charge in [-0.2, -0.15) is 0 Å². The van der Waals surface area contributed by atoms with E-state index in [4.69, 9.17) is 11.6 Å². The average molecular weight is 522 g/mol. The number of sulfonamides is 1. The van der Waals surface area contributed by atoms with Gasteiger partial charge in [-0.3, -0.25) is 13.9 Å². The van der Waals surface area contributed by atoms with Crippen LogP contribution in [-0.4, -0.2) is 49.5 Å². The molecule has 2 amide bonds. The summed E-state index contributed by atoms with van der Waals surface area (Å²) >= 11 is 6.05. The fourth-order valence-electron chi connectivity index (χ4n) is 3.79. The maximum atomic E-state index is 13.4. The highest BCUT2D eigenvalue weighted by atomic mass is 35.5. The molecule has 192 valence electrons. The van der Waals surface area contributed by atoms with Crippen LogP contribution in [0.2, 0.25) is 5.02 Å². The van der Waals surface area contributed by atoms with Crippen LogP contribution >= 0.6 is 11.6 Å². The molecular weight excluding hydrogens is 486 g/mol. The highest BCUT2D eigenvalue weighted by molar-refractivity contribution is 7.92. The monoisotopic (exact) mass is 521 g/mol. The number of carbonyl (C=O) groups is 2. The average Bonchev–Trinajstić information content (AvgIpc) is 2.75. The normalized spacial score (nSPS) is 12.6. The molecule has 2 aromatic rings. The van der Waals surface area contributed by atoms with E-state index in [-0.39, 0.29) is 24.8 Å². The van der Waals surface area contributed by atoms with Gasteiger partial charge in [0.2, 0.25) is 21.8 Å². The van der Waals surface area contributed by atoms with Gasteiger partial charge in [0.1, 0.15) is 6.04 Å². The van der Waals surface area contributed by atoms with E-state index >= 15 is 0 Å². The van der Waals surface area contributed by atoms with E-state index in [0.717, 1.165) is 11.8 Å². The van der Waals surface area contributed by atoms with Crippen LogP contribution in [-0.2, 0) is 26.2 Å². The molecule has 0 saturated carbocycles. The molecular formula is C26H36ClN3O4S. The molecule has 0 aromatic heterocycles. The van der Waals surface area contributed by atoms with Crippen molar-refractivity contribution in [3.63, 3.8) is 0 Å². The predicted molar refractivity (Wildman–Crippen MR) is 142 cm³/mol. The summed E-state index contributed by atoms with van der Waals surface area (Å²) in [5, 5.41) is 3.41. The van der Waals surface area contributed by atoms with Crippen molar-refractivity contribution in [3.8, 4) is 0 Å². The largest absolute Gasteiger partial charge is 0.350 e. The minimum atomic E-state index is -3.57. The fourth-order valence-corrected chi connectivity index (χ4v) is 4.93. The van der Waals surface area contributed by atoms with Crippen LogP contribution in [0.15, 0.2) is 54.6 Å². The first-order valence-electron chi connectivity index (χ1n) is 11.7. The van der Waals surface area contributed by atoms with Crippen molar-refractivity contribution in [1.82, 2.24) is 10.2 Å². The van der Waals surface area contributed by atoms with Crippen LogP contribution < -0.4 is 9.62 Å². The Morgan fingerprint density at radius 2 is 1.71 bits per heavy atom.